The first-order chi connectivity index (χ1) is 14.6. The Hall–Kier alpha value is -1.62. The largest absolute Gasteiger partial charge is 0.477 e. The predicted octanol–water partition coefficient (Wildman–Crippen LogP) is 0.520. The van der Waals surface area contributed by atoms with Crippen LogP contribution in [0.1, 0.15) is 40.5 Å². The molecule has 3 aliphatic heterocycles. The van der Waals surface area contributed by atoms with Gasteiger partial charge in [0.2, 0.25) is 11.8 Å². The first-order valence-electron chi connectivity index (χ1n) is 10.9. The molecule has 5 N–H and O–H groups in total. The smallest absolute Gasteiger partial charge is 0.353 e. The summed E-state index contributed by atoms with van der Waals surface area (Å²) in [5.41, 5.74) is 6.00. The number of thioether (sulfide) groups is 1. The minimum absolute atomic E-state index is 0.0119. The third-order valence-corrected chi connectivity index (χ3v) is 8.44. The van der Waals surface area contributed by atoms with E-state index in [0.29, 0.717) is 24.5 Å². The quantitative estimate of drug-likeness (QED) is 0.369. The van der Waals surface area contributed by atoms with E-state index in [1.807, 2.05) is 20.8 Å². The Morgan fingerprint density at radius 1 is 1.39 bits per heavy atom. The molecule has 174 valence electrons. The van der Waals surface area contributed by atoms with Crippen molar-refractivity contribution in [1.82, 2.24) is 10.2 Å². The first-order valence-corrected chi connectivity index (χ1v) is 11.8. The summed E-state index contributed by atoms with van der Waals surface area (Å²) in [4.78, 5) is 38.7. The van der Waals surface area contributed by atoms with E-state index in [9.17, 15) is 24.6 Å². The second-order valence-corrected chi connectivity index (χ2v) is 10.1. The van der Waals surface area contributed by atoms with Crippen LogP contribution in [-0.4, -0.2) is 75.6 Å². The summed E-state index contributed by atoms with van der Waals surface area (Å²) in [6.45, 7) is 8.19. The molecule has 0 spiro atoms. The monoisotopic (exact) mass is 455 g/mol. The minimum atomic E-state index is -1.14. The van der Waals surface area contributed by atoms with Gasteiger partial charge in [0.25, 0.3) is 0 Å². The molecule has 3 rings (SSSR count). The summed E-state index contributed by atoms with van der Waals surface area (Å²) in [7, 11) is 0. The molecule has 3 aliphatic rings. The fourth-order valence-electron chi connectivity index (χ4n) is 4.63. The van der Waals surface area contributed by atoms with E-state index in [1.165, 1.54) is 16.7 Å². The molecule has 0 bridgehead atoms. The predicted molar refractivity (Wildman–Crippen MR) is 116 cm³/mol. The van der Waals surface area contributed by atoms with Crippen molar-refractivity contribution in [2.45, 2.75) is 70.1 Å². The number of carboxylic acids is 1. The van der Waals surface area contributed by atoms with Crippen LogP contribution in [-0.2, 0) is 19.1 Å². The van der Waals surface area contributed by atoms with Gasteiger partial charge in [0, 0.05) is 29.2 Å². The minimum Gasteiger partial charge on any atom is -0.477 e. The number of ether oxygens (including phenoxy) is 1. The number of aliphatic hydroxyl groups excluding tert-OH is 1. The van der Waals surface area contributed by atoms with Crippen molar-refractivity contribution in [2.24, 2.45) is 23.5 Å². The van der Waals surface area contributed by atoms with Gasteiger partial charge in [-0.05, 0) is 19.3 Å². The third kappa shape index (κ3) is 4.35. The number of carboxylic acid groups (broad SMARTS) is 1. The van der Waals surface area contributed by atoms with Crippen molar-refractivity contribution in [2.75, 3.05) is 13.2 Å². The van der Waals surface area contributed by atoms with E-state index >= 15 is 0 Å². The van der Waals surface area contributed by atoms with Crippen molar-refractivity contribution >= 4 is 29.5 Å². The maximum Gasteiger partial charge on any atom is 0.353 e. The van der Waals surface area contributed by atoms with Gasteiger partial charge in [0.1, 0.15) is 5.70 Å². The molecule has 10 heteroatoms. The van der Waals surface area contributed by atoms with Crippen molar-refractivity contribution in [3.63, 3.8) is 0 Å². The molecular formula is C21H33N3O6S. The molecule has 2 fully saturated rings. The summed E-state index contributed by atoms with van der Waals surface area (Å²) in [5, 5.41) is 22.6. The van der Waals surface area contributed by atoms with Crippen LogP contribution in [0.15, 0.2) is 10.6 Å². The fraction of sp³-hybridized carbons (Fsp3) is 0.762. The van der Waals surface area contributed by atoms with Gasteiger partial charge in [-0.3, -0.25) is 9.59 Å². The lowest BCUT2D eigenvalue weighted by Crippen LogP contribution is -2.63. The second kappa shape index (κ2) is 9.48. The highest BCUT2D eigenvalue weighted by Gasteiger charge is 2.60. The zero-order valence-electron chi connectivity index (χ0n) is 18.4. The van der Waals surface area contributed by atoms with Crippen molar-refractivity contribution in [3.8, 4) is 0 Å². The number of aliphatic hydroxyl groups is 1. The Balaban J connectivity index is 1.70. The highest BCUT2D eigenvalue weighted by Crippen LogP contribution is 2.52. The SMILES string of the molecule is CC[C@@H](C)[C@@H](N)C(=O)NC[C@H]1OCC[C@H]1SC1=C(C(=O)O)N2C(=O)[C@H]([C@@H](C)O)C2[C@H]1C. The molecule has 1 unspecified atom stereocenters. The molecule has 3 heterocycles. The van der Waals surface area contributed by atoms with E-state index in [-0.39, 0.29) is 46.7 Å². The van der Waals surface area contributed by atoms with E-state index in [0.717, 1.165) is 6.42 Å². The van der Waals surface area contributed by atoms with Gasteiger partial charge in [-0.25, -0.2) is 4.79 Å². The van der Waals surface area contributed by atoms with Gasteiger partial charge in [-0.2, -0.15) is 0 Å². The third-order valence-electron chi connectivity index (χ3n) is 6.78. The molecule has 8 atom stereocenters. The average Bonchev–Trinajstić information content (AvgIpc) is 3.25. The molecular weight excluding hydrogens is 422 g/mol. The standard InChI is InChI=1S/C21H33N3O6S/c1-5-9(2)15(22)19(26)23-8-12-13(6-7-30-12)31-18-10(3)16-14(11(4)25)20(27)24(16)17(18)21(28)29/h9-16,25H,5-8,22H2,1-4H3,(H,23,26)(H,28,29)/t9-,10-,11-,12-,13-,14-,15-,16?/m1/s1. The second-order valence-electron chi connectivity index (χ2n) is 8.78. The van der Waals surface area contributed by atoms with Crippen LogP contribution < -0.4 is 11.1 Å². The Morgan fingerprint density at radius 2 is 2.06 bits per heavy atom. The normalized spacial score (nSPS) is 33.0. The van der Waals surface area contributed by atoms with Gasteiger partial charge in [0.15, 0.2) is 0 Å². The summed E-state index contributed by atoms with van der Waals surface area (Å²) in [5.74, 6) is -2.41. The summed E-state index contributed by atoms with van der Waals surface area (Å²) in [6.07, 6.45) is 0.415. The highest BCUT2D eigenvalue weighted by atomic mass is 32.2. The van der Waals surface area contributed by atoms with Crippen LogP contribution in [0.5, 0.6) is 0 Å². The molecule has 0 saturated carbocycles. The molecule has 2 amide bonds. The molecule has 9 nitrogen and oxygen atoms in total. The Kier molecular flexibility index (Phi) is 7.35. The zero-order chi connectivity index (χ0) is 23.0. The lowest BCUT2D eigenvalue weighted by Gasteiger charge is -2.46. The molecule has 0 aromatic heterocycles. The number of nitrogens with two attached hydrogens (primary N) is 1. The van der Waals surface area contributed by atoms with Gasteiger partial charge >= 0.3 is 5.97 Å². The molecule has 0 radical (unpaired) electrons. The lowest BCUT2D eigenvalue weighted by atomic mass is 9.79. The van der Waals surface area contributed by atoms with Crippen LogP contribution in [0.4, 0.5) is 0 Å². The summed E-state index contributed by atoms with van der Waals surface area (Å²) < 4.78 is 5.81. The number of β-lactam (4-membered cyclic amide) rings is 1. The van der Waals surface area contributed by atoms with E-state index in [1.54, 1.807) is 6.92 Å². The first kappa shape index (κ1) is 24.0. The molecule has 0 aliphatic carbocycles. The molecule has 0 aromatic rings. The van der Waals surface area contributed by atoms with Gasteiger partial charge in [0.05, 0.1) is 30.2 Å². The Bertz CT molecular complexity index is 772. The summed E-state index contributed by atoms with van der Waals surface area (Å²) >= 11 is 1.42. The number of nitrogens with zero attached hydrogens (tertiary/aromatic N) is 1. The number of carbonyl (C=O) groups excluding carboxylic acids is 2. The average molecular weight is 456 g/mol. The van der Waals surface area contributed by atoms with E-state index < -0.39 is 24.0 Å². The van der Waals surface area contributed by atoms with Gasteiger partial charge < -0.3 is 30.9 Å². The van der Waals surface area contributed by atoms with Crippen molar-refractivity contribution < 1.29 is 29.3 Å². The van der Waals surface area contributed by atoms with Crippen molar-refractivity contribution in [1.29, 1.82) is 0 Å². The zero-order valence-corrected chi connectivity index (χ0v) is 19.2. The number of carbonyl (C=O) groups is 3. The fourth-order valence-corrected chi connectivity index (χ4v) is 6.15. The van der Waals surface area contributed by atoms with Gasteiger partial charge in [-0.15, -0.1) is 11.8 Å². The van der Waals surface area contributed by atoms with Crippen LogP contribution in [0, 0.1) is 17.8 Å². The number of amides is 2. The number of nitrogens with one attached hydrogen (secondary N) is 1. The van der Waals surface area contributed by atoms with Gasteiger partial charge in [-0.1, -0.05) is 27.2 Å². The number of hydrogen-bond donors (Lipinski definition) is 4. The molecule has 0 aromatic carbocycles. The Morgan fingerprint density at radius 3 is 2.65 bits per heavy atom. The summed E-state index contributed by atoms with van der Waals surface area (Å²) in [6, 6.07) is -0.921. The number of rotatable bonds is 9. The van der Waals surface area contributed by atoms with E-state index in [2.05, 4.69) is 5.32 Å². The van der Waals surface area contributed by atoms with Crippen LogP contribution in [0.25, 0.3) is 0 Å². The van der Waals surface area contributed by atoms with E-state index in [4.69, 9.17) is 10.5 Å². The lowest BCUT2D eigenvalue weighted by molar-refractivity contribution is -0.163. The maximum atomic E-state index is 12.5. The highest BCUT2D eigenvalue weighted by molar-refractivity contribution is 8.03. The van der Waals surface area contributed by atoms with Crippen LogP contribution in [0.3, 0.4) is 0 Å². The number of fused-ring (bicyclic) bond motifs is 1. The molecule has 31 heavy (non-hydrogen) atoms. The number of aliphatic carboxylic acids is 1. The topological polar surface area (TPSA) is 142 Å². The van der Waals surface area contributed by atoms with Crippen LogP contribution >= 0.6 is 11.8 Å². The number of hydrogen-bond acceptors (Lipinski definition) is 7. The molecule has 2 saturated heterocycles. The maximum absolute atomic E-state index is 12.5. The Labute approximate surface area is 186 Å². The van der Waals surface area contributed by atoms with Crippen LogP contribution in [0.2, 0.25) is 0 Å². The van der Waals surface area contributed by atoms with Crippen molar-refractivity contribution in [3.05, 3.63) is 10.6 Å².